The van der Waals surface area contributed by atoms with Crippen LogP contribution < -0.4 is 61.1 Å². The number of aromatic nitrogens is 27. The summed E-state index contributed by atoms with van der Waals surface area (Å²) in [4.78, 5) is 54.6. The highest BCUT2D eigenvalue weighted by molar-refractivity contribution is 7.16. The van der Waals surface area contributed by atoms with Crippen LogP contribution in [0.1, 0.15) is 109 Å². The van der Waals surface area contributed by atoms with E-state index in [4.69, 9.17) is 25.1 Å². The molecular weight excluding hydrogens is 1840 g/mol. The van der Waals surface area contributed by atoms with E-state index in [1.54, 1.807) is 71.2 Å². The number of para-hydroxylation sites is 1. The number of thiazole rings is 3. The standard InChI is InChI=1S/C18H25N7.2C18H24N6S.C18H18N6.C15H18N6S.C14H17N7.5H2/c1-12(2)9-13-10-25(8-7-19-13)15-11-24(3)18(21-15)16-14-5-4-6-20-17(14)23-22-16;1-12(2)9-13-10-24(8-7-19-13)15-11-25-18(23(15)3)16-14-5-4-6-20-17(14)22-21-16;1-11(2)9-13-10-24(8-7-19-13)18-21-15(12(3)25-18)16-14-5-4-6-20-17(14)23-22-16;1-2-6-15-13(4-1)17(23-24(15)12-7-10-19-11-8-12)16-14-5-3-9-20-18(14)22-21-16;1-10-12(13-11-4-2-6-17-14(11)20-19-13)18-15(22-10)21-8-3-5-16-7-9-21;1-10-9-21(20-7-5-15-6-8-20)19-12(10)13-11-3-2-4-16-14(11)18-17-13;;;;;/h4-6,11-13,19H,7-10H2,1-3H3,(H,20,22,23);4-6,11-13,19H,7-10H2,1-3H3;4-6,11,13,19H,7-10H2,1-3H3,(H,20,22,23);1-6,9,12,19H,7-8,10-11H2,(H,20,21,22);2,4,6,16H,3,5,7-9H2,1H3,(H,17,19,20);2-4,9,15H,5-8H2,1H3,(H,16,17,18);5*1H/p+1/t3*13-;;;;;;;;/m000......../s1. The van der Waals surface area contributed by atoms with Crippen LogP contribution in [0.2, 0.25) is 0 Å². The number of nitrogens with zero attached hydrogens (tertiary/aromatic N) is 26. The molecule has 0 radical (unpaired) electrons. The molecular formula is C101H137N38S3+. The first kappa shape index (κ1) is 96.0. The number of fused-ring (bicyclic) bond motifs is 7. The van der Waals surface area contributed by atoms with Crippen molar-refractivity contribution in [3.05, 3.63) is 167 Å². The molecule has 41 heteroatoms. The SMILES string of the molecule is CC(C)C[C@H]1CN(c2cn(C)c(-c3[nH]nc4ncccc34)n2)CCN1.CC(C)C[C@H]1CN(c2csc(-c3[nH]nc4ncccc34)[n+]2C)CCN1.Cc1cn(N2CCNCC2)nc1-c1[nH]nc2ncccc12.Cc1sc(N2CCCNCC2)nc1-c1[nH]nc2ncccc12.Cc1sc(N2CCN[C@@H](CC(C)C)C2)nc1-c1[nH]nc2ncccc12.[HH].[HH].[HH].[HH].[HH].c1cnc2n[nH]c(-c3nn(C4CCNCC4)c4ccccc34)c2c1. The lowest BCUT2D eigenvalue weighted by Crippen LogP contribution is -2.53. The van der Waals surface area contributed by atoms with Crippen LogP contribution in [0, 0.1) is 38.5 Å². The van der Waals surface area contributed by atoms with Gasteiger partial charge in [-0.2, -0.15) is 45.6 Å². The monoisotopic (exact) mass is 1980 g/mol. The van der Waals surface area contributed by atoms with Crippen LogP contribution in [-0.4, -0.2) is 273 Å². The smallest absolute Gasteiger partial charge is 0.287 e. The van der Waals surface area contributed by atoms with Gasteiger partial charge in [-0.25, -0.2) is 49.4 Å². The molecule has 38 nitrogen and oxygen atoms in total. The zero-order valence-electron chi connectivity index (χ0n) is 82.5. The molecule has 19 aromatic rings. The van der Waals surface area contributed by atoms with Gasteiger partial charge in [0.2, 0.25) is 5.01 Å². The second-order valence-electron chi connectivity index (χ2n) is 38.5. The summed E-state index contributed by atoms with van der Waals surface area (Å²) in [6.07, 6.45) is 21.7. The Balaban J connectivity index is 0.000000131. The third-order valence-corrected chi connectivity index (χ3v) is 29.9. The van der Waals surface area contributed by atoms with Crippen molar-refractivity contribution < 1.29 is 11.7 Å². The van der Waals surface area contributed by atoms with Crippen molar-refractivity contribution >= 4 is 133 Å². The molecule has 0 aliphatic carbocycles. The average Bonchev–Trinajstić information content (AvgIpc) is 1.60. The van der Waals surface area contributed by atoms with Gasteiger partial charge in [0.15, 0.2) is 50.0 Å². The maximum Gasteiger partial charge on any atom is 0.287 e. The van der Waals surface area contributed by atoms with E-state index < -0.39 is 0 Å². The molecule has 1 aromatic carbocycles. The number of pyridine rings is 6. The molecule has 18 aromatic heterocycles. The zero-order valence-corrected chi connectivity index (χ0v) is 85.0. The summed E-state index contributed by atoms with van der Waals surface area (Å²) < 4.78 is 6.55. The largest absolute Gasteiger partial charge is 0.352 e. The van der Waals surface area contributed by atoms with Gasteiger partial charge in [-0.3, -0.25) is 45.2 Å². The van der Waals surface area contributed by atoms with Gasteiger partial charge in [0.05, 0.1) is 64.9 Å². The number of piperazine rings is 4. The molecule has 0 saturated carbocycles. The fraction of sp³-hybridized carbons (Fsp3) is 0.426. The van der Waals surface area contributed by atoms with Crippen molar-refractivity contribution in [3.63, 3.8) is 0 Å². The summed E-state index contributed by atoms with van der Waals surface area (Å²) in [6.45, 7) is 39.4. The third-order valence-electron chi connectivity index (χ3n) is 26.8. The molecule has 0 amide bonds. The van der Waals surface area contributed by atoms with Gasteiger partial charge >= 0.3 is 0 Å². The van der Waals surface area contributed by atoms with Gasteiger partial charge in [0, 0.05) is 209 Å². The predicted molar refractivity (Wildman–Crippen MR) is 579 cm³/mol. The van der Waals surface area contributed by atoms with Crippen LogP contribution >= 0.6 is 34.0 Å². The van der Waals surface area contributed by atoms with Crippen molar-refractivity contribution in [3.8, 4) is 67.8 Å². The number of H-pyrrole nitrogens is 6. The predicted octanol–water partition coefficient (Wildman–Crippen LogP) is 14.7. The normalized spacial score (nSPS) is 17.3. The van der Waals surface area contributed by atoms with Crippen LogP contribution in [0.3, 0.4) is 0 Å². The fourth-order valence-electron chi connectivity index (χ4n) is 20.0. The number of anilines is 4. The molecule has 6 aliphatic rings. The van der Waals surface area contributed by atoms with Crippen molar-refractivity contribution in [2.75, 3.05) is 149 Å². The highest BCUT2D eigenvalue weighted by Gasteiger charge is 2.34. The molecule has 24 heterocycles. The third kappa shape index (κ3) is 21.3. The maximum atomic E-state index is 5.00. The zero-order chi connectivity index (χ0) is 97.3. The Hall–Kier alpha value is -13.5. The molecule has 12 N–H and O–H groups in total. The number of hydrogen-bond donors (Lipinski definition) is 12. The van der Waals surface area contributed by atoms with Gasteiger partial charge < -0.3 is 51.2 Å². The van der Waals surface area contributed by atoms with E-state index in [0.29, 0.717) is 41.9 Å². The van der Waals surface area contributed by atoms with Crippen LogP contribution in [0.15, 0.2) is 152 Å². The second kappa shape index (κ2) is 43.9. The minimum Gasteiger partial charge on any atom is -0.352 e. The van der Waals surface area contributed by atoms with Crippen molar-refractivity contribution in [2.45, 2.75) is 125 Å². The van der Waals surface area contributed by atoms with E-state index >= 15 is 0 Å². The van der Waals surface area contributed by atoms with Gasteiger partial charge in [-0.05, 0) is 181 Å². The van der Waals surface area contributed by atoms with Crippen molar-refractivity contribution in [1.29, 1.82) is 0 Å². The molecule has 0 spiro atoms. The Morgan fingerprint density at radius 1 is 0.408 bits per heavy atom. The second-order valence-corrected chi connectivity index (χ2v) is 41.7. The number of aromatic amines is 6. The molecule has 6 fully saturated rings. The van der Waals surface area contributed by atoms with Crippen LogP contribution in [-0.2, 0) is 14.1 Å². The minimum atomic E-state index is 0. The molecule has 25 rings (SSSR count). The van der Waals surface area contributed by atoms with E-state index in [1.807, 2.05) is 78.6 Å². The van der Waals surface area contributed by atoms with Gasteiger partial charge in [0.25, 0.3) is 5.82 Å². The number of rotatable bonds is 18. The first-order chi connectivity index (χ1) is 69.4. The molecule has 0 unspecified atom stereocenters. The van der Waals surface area contributed by atoms with E-state index in [9.17, 15) is 0 Å². The van der Waals surface area contributed by atoms with E-state index in [2.05, 4.69) is 279 Å². The van der Waals surface area contributed by atoms with Crippen LogP contribution in [0.25, 0.3) is 145 Å². The lowest BCUT2D eigenvalue weighted by Gasteiger charge is -2.34. The Morgan fingerprint density at radius 3 is 1.35 bits per heavy atom. The van der Waals surface area contributed by atoms with E-state index in [0.717, 1.165) is 300 Å². The number of aryl methyl sites for hydroxylation is 4. The summed E-state index contributed by atoms with van der Waals surface area (Å²) in [5.41, 5.74) is 16.4. The molecule has 6 aliphatic heterocycles. The molecule has 0 bridgehead atoms. The first-order valence-electron chi connectivity index (χ1n) is 49.8. The first-order valence-corrected chi connectivity index (χ1v) is 52.3. The summed E-state index contributed by atoms with van der Waals surface area (Å²) >= 11 is 5.28. The Labute approximate surface area is 842 Å². The molecule has 142 heavy (non-hydrogen) atoms. The van der Waals surface area contributed by atoms with Crippen molar-refractivity contribution in [1.82, 2.24) is 162 Å². The Kier molecular flexibility index (Phi) is 29.7. The molecule has 748 valence electrons. The molecule has 3 atom stereocenters. The highest BCUT2D eigenvalue weighted by Crippen LogP contribution is 2.40. The van der Waals surface area contributed by atoms with E-state index in [1.165, 1.54) is 45.4 Å². The fourth-order valence-corrected chi connectivity index (χ4v) is 22.9. The van der Waals surface area contributed by atoms with Crippen LogP contribution in [0.5, 0.6) is 0 Å². The lowest BCUT2D eigenvalue weighted by atomic mass is 10.0. The number of nitrogens with one attached hydrogen (secondary N) is 12. The van der Waals surface area contributed by atoms with Crippen molar-refractivity contribution in [2.24, 2.45) is 31.8 Å². The van der Waals surface area contributed by atoms with Crippen LogP contribution in [0.4, 0.5) is 21.9 Å². The minimum absolute atomic E-state index is 0. The Bertz CT molecular complexity index is 7180. The number of imidazole rings is 1. The lowest BCUT2D eigenvalue weighted by molar-refractivity contribution is -0.643. The summed E-state index contributed by atoms with van der Waals surface area (Å²) in [7, 11) is 4.17. The number of piperidine rings is 1. The highest BCUT2D eigenvalue weighted by atomic mass is 32.1. The summed E-state index contributed by atoms with van der Waals surface area (Å²) in [6, 6.07) is 34.4. The maximum absolute atomic E-state index is 5.00. The summed E-state index contributed by atoms with van der Waals surface area (Å²) in [5.74, 6) is 5.31. The topological polar surface area (TPSA) is 421 Å². The van der Waals surface area contributed by atoms with Gasteiger partial charge in [-0.15, -0.1) is 22.7 Å². The van der Waals surface area contributed by atoms with E-state index in [-0.39, 0.29) is 7.13 Å². The quantitative estimate of drug-likeness (QED) is 0.0355. The number of hydrogen-bond acceptors (Lipinski definition) is 31. The molecule has 6 saturated heterocycles. The van der Waals surface area contributed by atoms with Gasteiger partial charge in [-0.1, -0.05) is 71.1 Å². The average molecular weight is 1980 g/mol. The van der Waals surface area contributed by atoms with Gasteiger partial charge in [0.1, 0.15) is 46.5 Å². The Morgan fingerprint density at radius 2 is 0.824 bits per heavy atom. The number of benzene rings is 1. The summed E-state index contributed by atoms with van der Waals surface area (Å²) in [5, 5.41) is 90.5.